The first-order valence-corrected chi connectivity index (χ1v) is 11.8. The zero-order valence-corrected chi connectivity index (χ0v) is 18.0. The zero-order valence-electron chi connectivity index (χ0n) is 18.0. The lowest BCUT2D eigenvalue weighted by Gasteiger charge is -2.62. The molecule has 2 heteroatoms. The Morgan fingerprint density at radius 3 is 2.48 bits per heavy atom. The molecule has 0 amide bonds. The van der Waals surface area contributed by atoms with E-state index in [1.807, 2.05) is 0 Å². The van der Waals surface area contributed by atoms with Crippen molar-refractivity contribution in [2.24, 2.45) is 52.3 Å². The molecule has 0 aromatic carbocycles. The van der Waals surface area contributed by atoms with Crippen LogP contribution in [0, 0.1) is 63.6 Å². The molecule has 4 saturated carbocycles. The van der Waals surface area contributed by atoms with Gasteiger partial charge in [-0.1, -0.05) is 40.5 Å². The fraction of sp³-hybridized carbons (Fsp3) is 0.920. The predicted molar refractivity (Wildman–Crippen MR) is 109 cm³/mol. The van der Waals surface area contributed by atoms with E-state index in [-0.39, 0.29) is 5.41 Å². The maximum atomic E-state index is 13.8. The number of fused-ring (bicyclic) bond motifs is 5. The SMILES string of the molecule is CC[C@H]1C(=O)C2C(CC[C@@]3(C)C2CC[C@@H]3[C@H](C)CC#N)[C@@]2(C)CCCCC12. The molecule has 0 heterocycles. The Hall–Kier alpha value is -0.840. The summed E-state index contributed by atoms with van der Waals surface area (Å²) >= 11 is 0. The van der Waals surface area contributed by atoms with Crippen molar-refractivity contribution >= 4 is 5.78 Å². The van der Waals surface area contributed by atoms with Crippen molar-refractivity contribution in [2.75, 3.05) is 0 Å². The zero-order chi connectivity index (χ0) is 19.4. The molecule has 0 aliphatic heterocycles. The largest absolute Gasteiger partial charge is 0.299 e. The number of hydrogen-bond acceptors (Lipinski definition) is 2. The second-order valence-corrected chi connectivity index (χ2v) is 11.1. The number of carbonyl (C=O) groups is 1. The van der Waals surface area contributed by atoms with Gasteiger partial charge in [0.2, 0.25) is 0 Å². The van der Waals surface area contributed by atoms with Crippen LogP contribution in [0.15, 0.2) is 0 Å². The van der Waals surface area contributed by atoms with Crippen LogP contribution in [0.25, 0.3) is 0 Å². The summed E-state index contributed by atoms with van der Waals surface area (Å²) in [5.41, 5.74) is 0.679. The molecule has 4 unspecified atom stereocenters. The van der Waals surface area contributed by atoms with Gasteiger partial charge in [0.25, 0.3) is 0 Å². The summed E-state index contributed by atoms with van der Waals surface area (Å²) in [5, 5.41) is 9.23. The monoisotopic (exact) mass is 369 g/mol. The summed E-state index contributed by atoms with van der Waals surface area (Å²) in [4.78, 5) is 13.8. The highest BCUT2D eigenvalue weighted by atomic mass is 16.1. The predicted octanol–water partition coefficient (Wildman–Crippen LogP) is 6.40. The Balaban J connectivity index is 1.69. The molecular formula is C25H39NO. The van der Waals surface area contributed by atoms with Crippen LogP contribution in [0.1, 0.15) is 91.9 Å². The highest BCUT2D eigenvalue weighted by molar-refractivity contribution is 5.86. The first-order chi connectivity index (χ1) is 12.9. The first kappa shape index (κ1) is 19.5. The minimum atomic E-state index is 0.281. The molecule has 27 heavy (non-hydrogen) atoms. The van der Waals surface area contributed by atoms with Gasteiger partial charge in [-0.15, -0.1) is 0 Å². The Morgan fingerprint density at radius 2 is 1.78 bits per heavy atom. The van der Waals surface area contributed by atoms with Crippen LogP contribution >= 0.6 is 0 Å². The molecule has 4 aliphatic rings. The molecule has 0 bridgehead atoms. The third-order valence-electron chi connectivity index (χ3n) is 10.2. The van der Waals surface area contributed by atoms with Crippen LogP contribution in [0.5, 0.6) is 0 Å². The molecule has 150 valence electrons. The molecule has 0 radical (unpaired) electrons. The summed E-state index contributed by atoms with van der Waals surface area (Å²) in [5.74, 6) is 4.22. The van der Waals surface area contributed by atoms with Crippen LogP contribution in [-0.4, -0.2) is 5.78 Å². The standard InChI is InChI=1S/C25H39NO/c1-5-17-19-8-6-7-13-24(19,3)21-11-14-25(4)18(16(2)12-15-26)9-10-20(25)22(21)23(17)27/h16-22H,5-14H2,1-4H3/t16-,17-,18-,19?,20?,21?,22?,24+,25-/m1/s1. The third kappa shape index (κ3) is 2.67. The summed E-state index contributed by atoms with van der Waals surface area (Å²) in [6.45, 7) is 9.59. The molecule has 9 atom stereocenters. The van der Waals surface area contributed by atoms with E-state index in [2.05, 4.69) is 33.8 Å². The molecule has 0 saturated heterocycles. The highest BCUT2D eigenvalue weighted by Crippen LogP contribution is 2.68. The van der Waals surface area contributed by atoms with E-state index in [1.165, 1.54) is 51.4 Å². The topological polar surface area (TPSA) is 40.9 Å². The van der Waals surface area contributed by atoms with Gasteiger partial charge in [0.1, 0.15) is 5.78 Å². The van der Waals surface area contributed by atoms with Gasteiger partial charge in [-0.2, -0.15) is 5.26 Å². The van der Waals surface area contributed by atoms with Crippen molar-refractivity contribution in [2.45, 2.75) is 91.9 Å². The van der Waals surface area contributed by atoms with Crippen molar-refractivity contribution in [1.82, 2.24) is 0 Å². The minimum Gasteiger partial charge on any atom is -0.299 e. The summed E-state index contributed by atoms with van der Waals surface area (Å²) < 4.78 is 0. The van der Waals surface area contributed by atoms with Crippen LogP contribution < -0.4 is 0 Å². The van der Waals surface area contributed by atoms with Gasteiger partial charge in [-0.25, -0.2) is 0 Å². The average Bonchev–Trinajstić information content (AvgIpc) is 3.00. The number of Topliss-reactive ketones (excluding diaryl/α,β-unsaturated/α-hetero) is 1. The van der Waals surface area contributed by atoms with Gasteiger partial charge >= 0.3 is 0 Å². The fourth-order valence-electron chi connectivity index (χ4n) is 8.98. The fourth-order valence-corrected chi connectivity index (χ4v) is 8.98. The van der Waals surface area contributed by atoms with E-state index < -0.39 is 0 Å². The van der Waals surface area contributed by atoms with Crippen molar-refractivity contribution in [1.29, 1.82) is 5.26 Å². The maximum absolute atomic E-state index is 13.8. The Morgan fingerprint density at radius 1 is 1.04 bits per heavy atom. The van der Waals surface area contributed by atoms with Crippen LogP contribution in [0.3, 0.4) is 0 Å². The van der Waals surface area contributed by atoms with Gasteiger partial charge in [0.05, 0.1) is 6.07 Å². The average molecular weight is 370 g/mol. The molecule has 0 aromatic heterocycles. The molecule has 0 spiro atoms. The molecule has 2 nitrogen and oxygen atoms in total. The van der Waals surface area contributed by atoms with Gasteiger partial charge in [0.15, 0.2) is 0 Å². The number of hydrogen-bond donors (Lipinski definition) is 0. The van der Waals surface area contributed by atoms with Crippen LogP contribution in [-0.2, 0) is 4.79 Å². The van der Waals surface area contributed by atoms with Crippen molar-refractivity contribution < 1.29 is 4.79 Å². The molecule has 0 N–H and O–H groups in total. The van der Waals surface area contributed by atoms with Crippen molar-refractivity contribution in [3.05, 3.63) is 0 Å². The highest BCUT2D eigenvalue weighted by Gasteiger charge is 2.64. The van der Waals surface area contributed by atoms with Gasteiger partial charge in [0, 0.05) is 18.3 Å². The van der Waals surface area contributed by atoms with E-state index >= 15 is 0 Å². The second-order valence-electron chi connectivity index (χ2n) is 11.1. The van der Waals surface area contributed by atoms with E-state index in [0.717, 1.165) is 6.42 Å². The molecule has 4 rings (SSSR count). The number of rotatable bonds is 3. The van der Waals surface area contributed by atoms with E-state index in [0.29, 0.717) is 59.0 Å². The van der Waals surface area contributed by atoms with E-state index in [9.17, 15) is 10.1 Å². The quantitative estimate of drug-likeness (QED) is 0.577. The van der Waals surface area contributed by atoms with Crippen molar-refractivity contribution in [3.8, 4) is 6.07 Å². The van der Waals surface area contributed by atoms with E-state index in [1.54, 1.807) is 0 Å². The van der Waals surface area contributed by atoms with E-state index in [4.69, 9.17) is 0 Å². The molecule has 4 aliphatic carbocycles. The van der Waals surface area contributed by atoms with Gasteiger partial charge in [-0.05, 0) is 85.4 Å². The lowest BCUT2D eigenvalue weighted by Crippen LogP contribution is -2.59. The lowest BCUT2D eigenvalue weighted by atomic mass is 9.42. The second kappa shape index (κ2) is 6.89. The number of nitrogens with zero attached hydrogens (tertiary/aromatic N) is 1. The maximum Gasteiger partial charge on any atom is 0.139 e. The lowest BCUT2D eigenvalue weighted by molar-refractivity contribution is -0.168. The Kier molecular flexibility index (Phi) is 4.97. The number of carbonyl (C=O) groups excluding carboxylic acids is 1. The number of ketones is 1. The van der Waals surface area contributed by atoms with Gasteiger partial charge < -0.3 is 0 Å². The normalized spacial score (nSPS) is 50.3. The Bertz CT molecular complexity index is 635. The smallest absolute Gasteiger partial charge is 0.139 e. The summed E-state index contributed by atoms with van der Waals surface area (Å²) in [6, 6.07) is 2.41. The minimum absolute atomic E-state index is 0.281. The molecule has 4 fully saturated rings. The van der Waals surface area contributed by atoms with Crippen LogP contribution in [0.2, 0.25) is 0 Å². The Labute approximate surface area is 166 Å². The summed E-state index contributed by atoms with van der Waals surface area (Å²) in [7, 11) is 0. The van der Waals surface area contributed by atoms with Crippen LogP contribution in [0.4, 0.5) is 0 Å². The van der Waals surface area contributed by atoms with Gasteiger partial charge in [-0.3, -0.25) is 4.79 Å². The number of nitriles is 1. The molecular weight excluding hydrogens is 330 g/mol. The first-order valence-electron chi connectivity index (χ1n) is 11.8. The summed E-state index contributed by atoms with van der Waals surface area (Å²) in [6.07, 6.45) is 12.0. The van der Waals surface area contributed by atoms with Crippen molar-refractivity contribution in [3.63, 3.8) is 0 Å². The third-order valence-corrected chi connectivity index (χ3v) is 10.2. The molecule has 0 aromatic rings.